The Hall–Kier alpha value is -5.14. The molecule has 34 heavy (non-hydrogen) atoms. The third-order valence-corrected chi connectivity index (χ3v) is 4.32. The van der Waals surface area contributed by atoms with Crippen LogP contribution in [0.15, 0.2) is 54.9 Å². The Kier molecular flexibility index (Phi) is 7.23. The van der Waals surface area contributed by atoms with E-state index in [4.69, 9.17) is 4.74 Å². The SMILES string of the molecule is CCOC(=O)c1ccccc1Nc1ncnc(NNC(=O)c2ccc([N+](=O)[O-])cc2)c1[N+](=O)[O-]. The van der Waals surface area contributed by atoms with Crippen molar-refractivity contribution >= 4 is 40.6 Å². The number of ether oxygens (including phenoxy) is 1. The third kappa shape index (κ3) is 5.37. The fourth-order valence-electron chi connectivity index (χ4n) is 2.76. The molecule has 0 saturated heterocycles. The number of aromatic nitrogens is 2. The van der Waals surface area contributed by atoms with Crippen molar-refractivity contribution in [2.75, 3.05) is 17.3 Å². The van der Waals surface area contributed by atoms with Gasteiger partial charge in [0.1, 0.15) is 6.33 Å². The van der Waals surface area contributed by atoms with E-state index < -0.39 is 27.4 Å². The van der Waals surface area contributed by atoms with Crippen molar-refractivity contribution in [1.82, 2.24) is 15.4 Å². The summed E-state index contributed by atoms with van der Waals surface area (Å²) in [4.78, 5) is 53.3. The van der Waals surface area contributed by atoms with Gasteiger partial charge in [0.2, 0.25) is 11.6 Å². The number of hydrazine groups is 1. The summed E-state index contributed by atoms with van der Waals surface area (Å²) in [5.41, 5.74) is 4.21. The molecule has 1 heterocycles. The van der Waals surface area contributed by atoms with Crippen LogP contribution in [-0.4, -0.2) is 38.3 Å². The van der Waals surface area contributed by atoms with Crippen molar-refractivity contribution in [3.05, 3.63) is 86.2 Å². The van der Waals surface area contributed by atoms with E-state index in [1.165, 1.54) is 24.3 Å². The molecule has 2 aromatic carbocycles. The molecule has 0 bridgehead atoms. The van der Waals surface area contributed by atoms with E-state index in [-0.39, 0.29) is 40.7 Å². The van der Waals surface area contributed by atoms with Gasteiger partial charge in [0, 0.05) is 17.7 Å². The molecule has 3 rings (SSSR count). The van der Waals surface area contributed by atoms with E-state index >= 15 is 0 Å². The first-order chi connectivity index (χ1) is 16.3. The number of nitrogens with zero attached hydrogens (tertiary/aromatic N) is 4. The van der Waals surface area contributed by atoms with Crippen LogP contribution in [0.4, 0.5) is 28.7 Å². The summed E-state index contributed by atoms with van der Waals surface area (Å²) in [5, 5.41) is 25.2. The topological polar surface area (TPSA) is 192 Å². The molecule has 3 aromatic rings. The van der Waals surface area contributed by atoms with Crippen molar-refractivity contribution < 1.29 is 24.2 Å². The van der Waals surface area contributed by atoms with Crippen LogP contribution in [0, 0.1) is 20.2 Å². The zero-order valence-corrected chi connectivity index (χ0v) is 17.5. The number of rotatable bonds is 9. The van der Waals surface area contributed by atoms with Gasteiger partial charge in [-0.3, -0.25) is 35.9 Å². The predicted octanol–water partition coefficient (Wildman–Crippen LogP) is 2.97. The number of nitro groups is 2. The van der Waals surface area contributed by atoms with Crippen molar-refractivity contribution in [3.63, 3.8) is 0 Å². The summed E-state index contributed by atoms with van der Waals surface area (Å²) >= 11 is 0. The van der Waals surface area contributed by atoms with E-state index in [9.17, 15) is 29.8 Å². The van der Waals surface area contributed by atoms with Gasteiger partial charge in [-0.1, -0.05) is 12.1 Å². The summed E-state index contributed by atoms with van der Waals surface area (Å²) in [6.07, 6.45) is 1.02. The monoisotopic (exact) mass is 467 g/mol. The number of benzene rings is 2. The smallest absolute Gasteiger partial charge is 0.355 e. The first-order valence-electron chi connectivity index (χ1n) is 9.65. The minimum Gasteiger partial charge on any atom is -0.462 e. The first-order valence-corrected chi connectivity index (χ1v) is 9.65. The molecule has 0 aliphatic rings. The Morgan fingerprint density at radius 1 is 0.971 bits per heavy atom. The second kappa shape index (κ2) is 10.4. The molecule has 14 nitrogen and oxygen atoms in total. The molecule has 3 N–H and O–H groups in total. The average Bonchev–Trinajstić information content (AvgIpc) is 2.83. The largest absolute Gasteiger partial charge is 0.462 e. The Morgan fingerprint density at radius 3 is 2.29 bits per heavy atom. The fourth-order valence-corrected chi connectivity index (χ4v) is 2.76. The molecule has 0 spiro atoms. The molecule has 0 atom stereocenters. The molecule has 174 valence electrons. The van der Waals surface area contributed by atoms with Gasteiger partial charge >= 0.3 is 11.7 Å². The second-order valence-corrected chi connectivity index (χ2v) is 6.45. The number of carbonyl (C=O) groups excluding carboxylic acids is 2. The van der Waals surface area contributed by atoms with Gasteiger partial charge < -0.3 is 10.1 Å². The van der Waals surface area contributed by atoms with Gasteiger partial charge in [0.25, 0.3) is 11.6 Å². The van der Waals surface area contributed by atoms with Crippen LogP contribution in [0.2, 0.25) is 0 Å². The number of esters is 1. The fraction of sp³-hybridized carbons (Fsp3) is 0.100. The molecule has 0 radical (unpaired) electrons. The standard InChI is InChI=1S/C20H17N7O7/c1-2-34-20(29)14-5-3-4-6-15(14)23-17-16(27(32)33)18(22-11-21-17)24-25-19(28)12-7-9-13(10-8-12)26(30)31/h3-11H,2H2,1H3,(H,25,28)(H2,21,22,23,24). The highest BCUT2D eigenvalue weighted by molar-refractivity contribution is 5.97. The molecule has 0 saturated carbocycles. The number of para-hydroxylation sites is 1. The number of carbonyl (C=O) groups is 2. The number of nitro benzene ring substituents is 1. The Labute approximate surface area is 191 Å². The summed E-state index contributed by atoms with van der Waals surface area (Å²) < 4.78 is 4.99. The maximum Gasteiger partial charge on any atom is 0.355 e. The number of non-ortho nitro benzene ring substituents is 1. The number of anilines is 3. The van der Waals surface area contributed by atoms with Crippen LogP contribution in [0.25, 0.3) is 0 Å². The number of amides is 1. The van der Waals surface area contributed by atoms with Crippen LogP contribution in [-0.2, 0) is 4.74 Å². The lowest BCUT2D eigenvalue weighted by molar-refractivity contribution is -0.384. The van der Waals surface area contributed by atoms with Crippen molar-refractivity contribution in [1.29, 1.82) is 0 Å². The molecule has 1 aromatic heterocycles. The molecule has 0 aliphatic heterocycles. The third-order valence-electron chi connectivity index (χ3n) is 4.32. The highest BCUT2D eigenvalue weighted by Crippen LogP contribution is 2.32. The maximum atomic E-state index is 12.3. The Balaban J connectivity index is 1.83. The van der Waals surface area contributed by atoms with Crippen LogP contribution in [0.1, 0.15) is 27.6 Å². The lowest BCUT2D eigenvalue weighted by Gasteiger charge is -2.13. The van der Waals surface area contributed by atoms with Crippen molar-refractivity contribution in [2.24, 2.45) is 0 Å². The predicted molar refractivity (Wildman–Crippen MR) is 119 cm³/mol. The summed E-state index contributed by atoms with van der Waals surface area (Å²) in [5.74, 6) is -1.93. The van der Waals surface area contributed by atoms with E-state index in [2.05, 4.69) is 26.1 Å². The lowest BCUT2D eigenvalue weighted by Crippen LogP contribution is -2.30. The Bertz CT molecular complexity index is 1250. The van der Waals surface area contributed by atoms with Crippen LogP contribution in [0.3, 0.4) is 0 Å². The molecule has 14 heteroatoms. The van der Waals surface area contributed by atoms with Crippen LogP contribution in [0.5, 0.6) is 0 Å². The highest BCUT2D eigenvalue weighted by Gasteiger charge is 2.25. The van der Waals surface area contributed by atoms with Gasteiger partial charge in [0.05, 0.1) is 27.7 Å². The van der Waals surface area contributed by atoms with E-state index in [1.807, 2.05) is 0 Å². The van der Waals surface area contributed by atoms with E-state index in [0.29, 0.717) is 0 Å². The van der Waals surface area contributed by atoms with Crippen molar-refractivity contribution in [3.8, 4) is 0 Å². The van der Waals surface area contributed by atoms with Gasteiger partial charge in [-0.2, -0.15) is 0 Å². The van der Waals surface area contributed by atoms with E-state index in [0.717, 1.165) is 18.5 Å². The second-order valence-electron chi connectivity index (χ2n) is 6.45. The number of nitrogens with one attached hydrogen (secondary N) is 3. The maximum absolute atomic E-state index is 12.3. The highest BCUT2D eigenvalue weighted by atomic mass is 16.6. The van der Waals surface area contributed by atoms with Crippen molar-refractivity contribution in [2.45, 2.75) is 6.92 Å². The van der Waals surface area contributed by atoms with Gasteiger partial charge in [-0.15, -0.1) is 0 Å². The average molecular weight is 467 g/mol. The Morgan fingerprint density at radius 2 is 1.65 bits per heavy atom. The van der Waals surface area contributed by atoms with Gasteiger partial charge in [-0.25, -0.2) is 14.8 Å². The number of hydrogen-bond donors (Lipinski definition) is 3. The molecular weight excluding hydrogens is 450 g/mol. The molecule has 0 aliphatic carbocycles. The minimum absolute atomic E-state index is 0.0662. The quantitative estimate of drug-likeness (QED) is 0.238. The van der Waals surface area contributed by atoms with Crippen LogP contribution >= 0.6 is 0 Å². The summed E-state index contributed by atoms with van der Waals surface area (Å²) in [6, 6.07) is 11.0. The molecule has 0 unspecified atom stereocenters. The molecule has 1 amide bonds. The molecule has 0 fully saturated rings. The number of hydrogen-bond acceptors (Lipinski definition) is 11. The van der Waals surface area contributed by atoms with Gasteiger partial charge in [-0.05, 0) is 31.2 Å². The zero-order chi connectivity index (χ0) is 24.7. The summed E-state index contributed by atoms with van der Waals surface area (Å²) in [7, 11) is 0. The molecular formula is C20H17N7O7. The summed E-state index contributed by atoms with van der Waals surface area (Å²) in [6.45, 7) is 1.79. The zero-order valence-electron chi connectivity index (χ0n) is 17.5. The van der Waals surface area contributed by atoms with Crippen LogP contribution < -0.4 is 16.2 Å². The van der Waals surface area contributed by atoms with E-state index in [1.54, 1.807) is 19.1 Å². The van der Waals surface area contributed by atoms with Gasteiger partial charge in [0.15, 0.2) is 0 Å². The first kappa shape index (κ1) is 23.5. The normalized spacial score (nSPS) is 10.1. The minimum atomic E-state index is -0.768. The lowest BCUT2D eigenvalue weighted by atomic mass is 10.2.